The van der Waals surface area contributed by atoms with Crippen molar-refractivity contribution in [1.29, 1.82) is 0 Å². The van der Waals surface area contributed by atoms with Crippen LogP contribution < -0.4 is 9.47 Å². The molecule has 1 aliphatic heterocycles. The largest absolute Gasteiger partial charge is 0.497 e. The van der Waals surface area contributed by atoms with Crippen molar-refractivity contribution in [3.05, 3.63) is 71.8 Å². The van der Waals surface area contributed by atoms with Crippen LogP contribution >= 0.6 is 0 Å². The van der Waals surface area contributed by atoms with E-state index in [0.29, 0.717) is 17.1 Å². The van der Waals surface area contributed by atoms with Gasteiger partial charge in [-0.05, 0) is 41.1 Å². The van der Waals surface area contributed by atoms with Crippen molar-refractivity contribution in [2.75, 3.05) is 7.11 Å². The molecule has 4 heteroatoms. The number of ether oxygens (including phenoxy) is 2. The Morgan fingerprint density at radius 1 is 1.04 bits per heavy atom. The Bertz CT molecular complexity index is 973. The van der Waals surface area contributed by atoms with Gasteiger partial charge in [0, 0.05) is 17.5 Å². The van der Waals surface area contributed by atoms with Crippen molar-refractivity contribution < 1.29 is 19.1 Å². The lowest BCUT2D eigenvalue weighted by Gasteiger charge is -2.25. The van der Waals surface area contributed by atoms with Gasteiger partial charge in [0.2, 0.25) is 11.9 Å². The number of Topliss-reactive ketones (excluding diaryl/α,β-unsaturated/α-hetero) is 2. The van der Waals surface area contributed by atoms with Crippen molar-refractivity contribution >= 4 is 22.3 Å². The highest BCUT2D eigenvalue weighted by Gasteiger charge is 2.35. The van der Waals surface area contributed by atoms with Crippen LogP contribution in [0.4, 0.5) is 0 Å². The first-order chi connectivity index (χ1) is 12.2. The fourth-order valence-corrected chi connectivity index (χ4v) is 3.17. The van der Waals surface area contributed by atoms with E-state index in [9.17, 15) is 9.59 Å². The molecule has 0 saturated carbocycles. The van der Waals surface area contributed by atoms with Gasteiger partial charge >= 0.3 is 0 Å². The lowest BCUT2D eigenvalue weighted by atomic mass is 9.92. The van der Waals surface area contributed by atoms with Gasteiger partial charge in [-0.15, -0.1) is 0 Å². The fraction of sp³-hybridized carbons (Fsp3) is 0.143. The highest BCUT2D eigenvalue weighted by Crippen LogP contribution is 2.33. The molecule has 1 atom stereocenters. The summed E-state index contributed by atoms with van der Waals surface area (Å²) in [6.07, 6.45) is -0.898. The van der Waals surface area contributed by atoms with E-state index >= 15 is 0 Å². The maximum Gasteiger partial charge on any atom is 0.219 e. The van der Waals surface area contributed by atoms with Crippen LogP contribution in [0.2, 0.25) is 0 Å². The topological polar surface area (TPSA) is 52.6 Å². The van der Waals surface area contributed by atoms with E-state index in [2.05, 4.69) is 0 Å². The summed E-state index contributed by atoms with van der Waals surface area (Å²) in [5.41, 5.74) is 1.28. The van der Waals surface area contributed by atoms with Gasteiger partial charge in [-0.3, -0.25) is 9.59 Å². The maximum atomic E-state index is 12.7. The lowest BCUT2D eigenvalue weighted by Crippen LogP contribution is -2.40. The third kappa shape index (κ3) is 2.66. The number of carbonyl (C=O) groups is 2. The number of hydrogen-bond acceptors (Lipinski definition) is 4. The molecule has 0 bridgehead atoms. The number of benzene rings is 3. The smallest absolute Gasteiger partial charge is 0.219 e. The molecule has 0 aromatic heterocycles. The molecule has 0 fully saturated rings. The van der Waals surface area contributed by atoms with Crippen LogP contribution in [-0.4, -0.2) is 24.8 Å². The maximum absolute atomic E-state index is 12.7. The Labute approximate surface area is 145 Å². The molecule has 3 aromatic carbocycles. The normalized spacial score (nSPS) is 16.2. The number of ketones is 2. The molecule has 0 spiro atoms. The summed E-state index contributed by atoms with van der Waals surface area (Å²) in [6, 6.07) is 18.3. The standard InChI is InChI=1S/C21H16O4/c1-24-15-9-6-14(7-10-15)20(23)21-18(22)12-17-16-5-3-2-4-13(16)8-11-19(17)25-21/h2-11,21H,12H2,1H3. The zero-order valence-electron chi connectivity index (χ0n) is 13.7. The summed E-state index contributed by atoms with van der Waals surface area (Å²) in [7, 11) is 1.56. The van der Waals surface area contributed by atoms with E-state index in [1.807, 2.05) is 36.4 Å². The predicted molar refractivity (Wildman–Crippen MR) is 94.4 cm³/mol. The van der Waals surface area contributed by atoms with Gasteiger partial charge in [-0.1, -0.05) is 30.3 Å². The lowest BCUT2D eigenvalue weighted by molar-refractivity contribution is -0.124. The summed E-state index contributed by atoms with van der Waals surface area (Å²) in [5, 5.41) is 2.04. The Balaban J connectivity index is 1.68. The summed E-state index contributed by atoms with van der Waals surface area (Å²) >= 11 is 0. The Morgan fingerprint density at radius 3 is 2.56 bits per heavy atom. The van der Waals surface area contributed by atoms with Gasteiger partial charge in [-0.25, -0.2) is 0 Å². The summed E-state index contributed by atoms with van der Waals surface area (Å²) in [4.78, 5) is 25.3. The van der Waals surface area contributed by atoms with E-state index in [-0.39, 0.29) is 18.0 Å². The monoisotopic (exact) mass is 332 g/mol. The molecule has 4 rings (SSSR count). The van der Waals surface area contributed by atoms with E-state index in [1.54, 1.807) is 31.4 Å². The molecule has 124 valence electrons. The Kier molecular flexibility index (Phi) is 3.73. The number of hydrogen-bond donors (Lipinski definition) is 0. The van der Waals surface area contributed by atoms with E-state index in [4.69, 9.17) is 9.47 Å². The van der Waals surface area contributed by atoms with Gasteiger partial charge in [0.05, 0.1) is 7.11 Å². The Morgan fingerprint density at radius 2 is 1.80 bits per heavy atom. The van der Waals surface area contributed by atoms with Crippen LogP contribution in [0.5, 0.6) is 11.5 Å². The first-order valence-electron chi connectivity index (χ1n) is 8.05. The summed E-state index contributed by atoms with van der Waals surface area (Å²) < 4.78 is 10.9. The van der Waals surface area contributed by atoms with Crippen LogP contribution in [0.1, 0.15) is 15.9 Å². The number of rotatable bonds is 3. The van der Waals surface area contributed by atoms with Crippen LogP contribution in [0.25, 0.3) is 10.8 Å². The third-order valence-electron chi connectivity index (χ3n) is 4.50. The third-order valence-corrected chi connectivity index (χ3v) is 4.50. The molecule has 0 amide bonds. The number of methoxy groups -OCH3 is 1. The molecule has 0 aliphatic carbocycles. The minimum Gasteiger partial charge on any atom is -0.497 e. The number of fused-ring (bicyclic) bond motifs is 3. The van der Waals surface area contributed by atoms with Gasteiger partial charge < -0.3 is 9.47 Å². The second kappa shape index (κ2) is 6.06. The molecular formula is C21H16O4. The molecule has 25 heavy (non-hydrogen) atoms. The van der Waals surface area contributed by atoms with Crippen molar-refractivity contribution in [1.82, 2.24) is 0 Å². The minimum atomic E-state index is -1.10. The molecule has 1 heterocycles. The highest BCUT2D eigenvalue weighted by atomic mass is 16.5. The van der Waals surface area contributed by atoms with Crippen molar-refractivity contribution in [2.45, 2.75) is 12.5 Å². The number of carbonyl (C=O) groups excluding carboxylic acids is 2. The first-order valence-corrected chi connectivity index (χ1v) is 8.05. The summed E-state index contributed by atoms with van der Waals surface area (Å²) in [6.45, 7) is 0. The second-order valence-electron chi connectivity index (χ2n) is 6.00. The average Bonchev–Trinajstić information content (AvgIpc) is 2.67. The molecule has 0 N–H and O–H groups in total. The molecule has 1 aliphatic rings. The Hall–Kier alpha value is -3.14. The van der Waals surface area contributed by atoms with Crippen molar-refractivity contribution in [2.24, 2.45) is 0 Å². The zero-order chi connectivity index (χ0) is 17.4. The predicted octanol–water partition coefficient (Wildman–Crippen LogP) is 3.60. The van der Waals surface area contributed by atoms with Crippen LogP contribution in [0.3, 0.4) is 0 Å². The van der Waals surface area contributed by atoms with Gasteiger partial charge in [0.25, 0.3) is 0 Å². The molecular weight excluding hydrogens is 316 g/mol. The van der Waals surface area contributed by atoms with E-state index in [0.717, 1.165) is 16.3 Å². The van der Waals surface area contributed by atoms with Crippen LogP contribution in [-0.2, 0) is 11.2 Å². The van der Waals surface area contributed by atoms with Gasteiger partial charge in [0.15, 0.2) is 5.78 Å². The van der Waals surface area contributed by atoms with Gasteiger partial charge in [-0.2, -0.15) is 0 Å². The van der Waals surface area contributed by atoms with Crippen molar-refractivity contribution in [3.8, 4) is 11.5 Å². The van der Waals surface area contributed by atoms with Crippen molar-refractivity contribution in [3.63, 3.8) is 0 Å². The van der Waals surface area contributed by atoms with E-state index in [1.165, 1.54) is 0 Å². The summed E-state index contributed by atoms with van der Waals surface area (Å²) in [5.74, 6) is 0.713. The molecule has 4 nitrogen and oxygen atoms in total. The van der Waals surface area contributed by atoms with Crippen LogP contribution in [0, 0.1) is 0 Å². The zero-order valence-corrected chi connectivity index (χ0v) is 13.7. The molecule has 0 radical (unpaired) electrons. The molecule has 1 unspecified atom stereocenters. The fourth-order valence-electron chi connectivity index (χ4n) is 3.17. The minimum absolute atomic E-state index is 0.198. The SMILES string of the molecule is COc1ccc(C(=O)C2Oc3ccc4ccccc4c3CC2=O)cc1. The van der Waals surface area contributed by atoms with Crippen LogP contribution in [0.15, 0.2) is 60.7 Å². The first kappa shape index (κ1) is 15.4. The van der Waals surface area contributed by atoms with Gasteiger partial charge in [0.1, 0.15) is 11.5 Å². The highest BCUT2D eigenvalue weighted by molar-refractivity contribution is 6.15. The second-order valence-corrected chi connectivity index (χ2v) is 6.00. The van der Waals surface area contributed by atoms with E-state index < -0.39 is 6.10 Å². The average molecular weight is 332 g/mol. The quantitative estimate of drug-likeness (QED) is 0.543. The molecule has 3 aromatic rings. The molecule has 0 saturated heterocycles.